The molecule has 1 heterocycles. The van der Waals surface area contributed by atoms with E-state index < -0.39 is 0 Å². The molecule has 1 aliphatic heterocycles. The van der Waals surface area contributed by atoms with Gasteiger partial charge < -0.3 is 10.2 Å². The molecule has 114 valence electrons. The molecular weight excluding hydrogens is 319 g/mol. The summed E-state index contributed by atoms with van der Waals surface area (Å²) in [5, 5.41) is 4.09. The number of rotatable bonds is 3. The minimum atomic E-state index is -0.190. The Morgan fingerprint density at radius 2 is 1.73 bits per heavy atom. The molecule has 1 fully saturated rings. The summed E-state index contributed by atoms with van der Waals surface area (Å²) in [4.78, 5) is 14.7. The molecule has 1 amide bonds. The molecule has 0 saturated carbocycles. The highest BCUT2D eigenvalue weighted by atomic mass is 35.5. The molecule has 0 spiro atoms. The fraction of sp³-hybridized carbons (Fsp3) is 0.235. The van der Waals surface area contributed by atoms with E-state index in [0.29, 0.717) is 15.6 Å². The average molecular weight is 335 g/mol. The highest BCUT2D eigenvalue weighted by Gasteiger charge is 2.17. The van der Waals surface area contributed by atoms with Crippen LogP contribution in [-0.2, 0) is 0 Å². The van der Waals surface area contributed by atoms with Gasteiger partial charge in [-0.15, -0.1) is 0 Å². The van der Waals surface area contributed by atoms with E-state index in [2.05, 4.69) is 10.2 Å². The van der Waals surface area contributed by atoms with Gasteiger partial charge in [0, 0.05) is 28.7 Å². The molecule has 0 radical (unpaired) electrons. The monoisotopic (exact) mass is 334 g/mol. The van der Waals surface area contributed by atoms with Crippen LogP contribution in [0.5, 0.6) is 0 Å². The molecule has 2 aromatic rings. The summed E-state index contributed by atoms with van der Waals surface area (Å²) >= 11 is 12.0. The van der Waals surface area contributed by atoms with Crippen molar-refractivity contribution in [2.45, 2.75) is 12.8 Å². The maximum absolute atomic E-state index is 12.4. The first-order chi connectivity index (χ1) is 10.6. The Morgan fingerprint density at radius 1 is 1.00 bits per heavy atom. The number of hydrogen-bond acceptors (Lipinski definition) is 2. The molecule has 0 bridgehead atoms. The van der Waals surface area contributed by atoms with Crippen LogP contribution in [0.1, 0.15) is 23.2 Å². The molecule has 1 saturated heterocycles. The summed E-state index contributed by atoms with van der Waals surface area (Å²) in [6, 6.07) is 12.5. The number of amides is 1. The van der Waals surface area contributed by atoms with Crippen molar-refractivity contribution in [3.8, 4) is 0 Å². The van der Waals surface area contributed by atoms with Gasteiger partial charge in [-0.3, -0.25) is 4.79 Å². The highest BCUT2D eigenvalue weighted by molar-refractivity contribution is 6.31. The number of halogens is 2. The Hall–Kier alpha value is -1.71. The number of anilines is 2. The van der Waals surface area contributed by atoms with E-state index in [1.807, 2.05) is 12.1 Å². The van der Waals surface area contributed by atoms with Gasteiger partial charge in [0.1, 0.15) is 0 Å². The average Bonchev–Trinajstić information content (AvgIpc) is 3.01. The third-order valence-electron chi connectivity index (χ3n) is 3.74. The molecule has 2 aromatic carbocycles. The highest BCUT2D eigenvalue weighted by Crippen LogP contribution is 2.32. The molecular formula is C17H16Cl2N2O. The van der Waals surface area contributed by atoms with Crippen LogP contribution < -0.4 is 10.2 Å². The molecule has 5 heteroatoms. The van der Waals surface area contributed by atoms with Crippen molar-refractivity contribution >= 4 is 40.5 Å². The summed E-state index contributed by atoms with van der Waals surface area (Å²) in [6.07, 6.45) is 2.34. The van der Waals surface area contributed by atoms with Gasteiger partial charge in [-0.1, -0.05) is 29.3 Å². The van der Waals surface area contributed by atoms with Crippen molar-refractivity contribution in [3.05, 3.63) is 58.1 Å². The third-order valence-corrected chi connectivity index (χ3v) is 4.21. The second kappa shape index (κ2) is 6.59. The van der Waals surface area contributed by atoms with Crippen molar-refractivity contribution in [1.29, 1.82) is 0 Å². The van der Waals surface area contributed by atoms with E-state index in [1.165, 1.54) is 12.8 Å². The van der Waals surface area contributed by atoms with Crippen molar-refractivity contribution in [3.63, 3.8) is 0 Å². The van der Waals surface area contributed by atoms with Gasteiger partial charge in [-0.05, 0) is 49.2 Å². The number of nitrogens with zero attached hydrogens (tertiary/aromatic N) is 1. The standard InChI is InChI=1S/C17H16Cl2N2O/c18-13-5-3-4-12(10-13)17(22)20-15-11-14(19)6-7-16(15)21-8-1-2-9-21/h3-7,10-11H,1-2,8-9H2,(H,20,22). The van der Waals surface area contributed by atoms with E-state index >= 15 is 0 Å². The Bertz CT molecular complexity index is 697. The minimum Gasteiger partial charge on any atom is -0.370 e. The Kier molecular flexibility index (Phi) is 4.55. The fourth-order valence-electron chi connectivity index (χ4n) is 2.67. The normalized spacial score (nSPS) is 14.2. The van der Waals surface area contributed by atoms with Gasteiger partial charge in [-0.2, -0.15) is 0 Å². The van der Waals surface area contributed by atoms with E-state index in [-0.39, 0.29) is 5.91 Å². The molecule has 0 aromatic heterocycles. The van der Waals surface area contributed by atoms with Crippen LogP contribution >= 0.6 is 23.2 Å². The molecule has 3 nitrogen and oxygen atoms in total. The summed E-state index contributed by atoms with van der Waals surface area (Å²) in [5.41, 5.74) is 2.27. The van der Waals surface area contributed by atoms with Crippen LogP contribution in [0.2, 0.25) is 10.0 Å². The zero-order valence-electron chi connectivity index (χ0n) is 12.0. The minimum absolute atomic E-state index is 0.190. The lowest BCUT2D eigenvalue weighted by atomic mass is 10.2. The van der Waals surface area contributed by atoms with E-state index in [9.17, 15) is 4.79 Å². The van der Waals surface area contributed by atoms with Crippen LogP contribution in [0.25, 0.3) is 0 Å². The first-order valence-electron chi connectivity index (χ1n) is 7.25. The summed E-state index contributed by atoms with van der Waals surface area (Å²) in [5.74, 6) is -0.190. The first kappa shape index (κ1) is 15.2. The first-order valence-corrected chi connectivity index (χ1v) is 8.00. The lowest BCUT2D eigenvalue weighted by molar-refractivity contribution is 0.102. The Morgan fingerprint density at radius 3 is 2.45 bits per heavy atom. The summed E-state index contributed by atoms with van der Waals surface area (Å²) in [7, 11) is 0. The van der Waals surface area contributed by atoms with Crippen LogP contribution in [0.3, 0.4) is 0 Å². The third kappa shape index (κ3) is 3.37. The van der Waals surface area contributed by atoms with Gasteiger partial charge in [0.25, 0.3) is 5.91 Å². The lowest BCUT2D eigenvalue weighted by Gasteiger charge is -2.22. The molecule has 1 aliphatic rings. The molecule has 0 atom stereocenters. The summed E-state index contributed by atoms with van der Waals surface area (Å²) in [6.45, 7) is 2.00. The van der Waals surface area contributed by atoms with Crippen molar-refractivity contribution < 1.29 is 4.79 Å². The number of carbonyl (C=O) groups excluding carboxylic acids is 1. The van der Waals surface area contributed by atoms with E-state index in [0.717, 1.165) is 24.5 Å². The van der Waals surface area contributed by atoms with Crippen LogP contribution in [-0.4, -0.2) is 19.0 Å². The molecule has 0 unspecified atom stereocenters. The molecule has 1 N–H and O–H groups in total. The Labute approximate surface area is 139 Å². The number of benzene rings is 2. The largest absolute Gasteiger partial charge is 0.370 e. The van der Waals surface area contributed by atoms with Crippen molar-refractivity contribution in [1.82, 2.24) is 0 Å². The van der Waals surface area contributed by atoms with Crippen LogP contribution in [0, 0.1) is 0 Å². The molecule has 3 rings (SSSR count). The lowest BCUT2D eigenvalue weighted by Crippen LogP contribution is -2.21. The molecule has 0 aliphatic carbocycles. The summed E-state index contributed by atoms with van der Waals surface area (Å²) < 4.78 is 0. The smallest absolute Gasteiger partial charge is 0.255 e. The van der Waals surface area contributed by atoms with Gasteiger partial charge in [-0.25, -0.2) is 0 Å². The number of carbonyl (C=O) groups is 1. The second-order valence-electron chi connectivity index (χ2n) is 5.32. The van der Waals surface area contributed by atoms with Gasteiger partial charge in [0.05, 0.1) is 11.4 Å². The Balaban J connectivity index is 1.87. The van der Waals surface area contributed by atoms with E-state index in [1.54, 1.807) is 30.3 Å². The van der Waals surface area contributed by atoms with Crippen LogP contribution in [0.4, 0.5) is 11.4 Å². The predicted octanol–water partition coefficient (Wildman–Crippen LogP) is 4.85. The topological polar surface area (TPSA) is 32.3 Å². The maximum Gasteiger partial charge on any atom is 0.255 e. The molecule has 22 heavy (non-hydrogen) atoms. The van der Waals surface area contributed by atoms with Crippen molar-refractivity contribution in [2.75, 3.05) is 23.3 Å². The van der Waals surface area contributed by atoms with Crippen molar-refractivity contribution in [2.24, 2.45) is 0 Å². The van der Waals surface area contributed by atoms with E-state index in [4.69, 9.17) is 23.2 Å². The number of hydrogen-bond donors (Lipinski definition) is 1. The van der Waals surface area contributed by atoms with Crippen LogP contribution in [0.15, 0.2) is 42.5 Å². The predicted molar refractivity (Wildman–Crippen MR) is 92.3 cm³/mol. The number of nitrogens with one attached hydrogen (secondary N) is 1. The van der Waals surface area contributed by atoms with Gasteiger partial charge >= 0.3 is 0 Å². The maximum atomic E-state index is 12.4. The fourth-order valence-corrected chi connectivity index (χ4v) is 3.03. The quantitative estimate of drug-likeness (QED) is 0.870. The zero-order chi connectivity index (χ0) is 15.5. The van der Waals surface area contributed by atoms with Gasteiger partial charge in [0.2, 0.25) is 0 Å². The SMILES string of the molecule is O=C(Nc1cc(Cl)ccc1N1CCCC1)c1cccc(Cl)c1. The van der Waals surface area contributed by atoms with Gasteiger partial charge in [0.15, 0.2) is 0 Å². The zero-order valence-corrected chi connectivity index (χ0v) is 13.5. The second-order valence-corrected chi connectivity index (χ2v) is 6.19.